The van der Waals surface area contributed by atoms with Crippen LogP contribution in [0.5, 0.6) is 0 Å². The molecule has 1 amide bonds. The minimum absolute atomic E-state index is 0.117. The number of carbonyl (C=O) groups is 1. The van der Waals surface area contributed by atoms with Gasteiger partial charge in [-0.2, -0.15) is 13.2 Å². The van der Waals surface area contributed by atoms with Gasteiger partial charge in [-0.1, -0.05) is 6.07 Å². The lowest BCUT2D eigenvalue weighted by Gasteiger charge is -2.22. The van der Waals surface area contributed by atoms with Gasteiger partial charge in [0.15, 0.2) is 0 Å². The van der Waals surface area contributed by atoms with Crippen molar-refractivity contribution < 1.29 is 27.5 Å². The standard InChI is InChI=1S/C16H16F3NO3/c1-15(22,9-13-6-3-7-23-13)10-20-14(21)11-4-2-5-12(8-11)16(17,18)19/h2-8,22H,9-10H2,1H3,(H,20,21). The zero-order chi connectivity index (χ0) is 17.1. The zero-order valence-corrected chi connectivity index (χ0v) is 12.4. The average molecular weight is 327 g/mol. The Hall–Kier alpha value is -2.28. The molecule has 1 atom stereocenters. The van der Waals surface area contributed by atoms with Crippen LogP contribution in [0.2, 0.25) is 0 Å². The maximum absolute atomic E-state index is 12.6. The number of rotatable bonds is 5. The summed E-state index contributed by atoms with van der Waals surface area (Å²) in [5.41, 5.74) is -2.30. The van der Waals surface area contributed by atoms with Crippen LogP contribution in [0.1, 0.15) is 28.6 Å². The number of amides is 1. The molecule has 1 heterocycles. The molecule has 0 aliphatic rings. The van der Waals surface area contributed by atoms with Crippen LogP contribution in [-0.4, -0.2) is 23.2 Å². The highest BCUT2D eigenvalue weighted by molar-refractivity contribution is 5.94. The van der Waals surface area contributed by atoms with Crippen molar-refractivity contribution >= 4 is 5.91 Å². The summed E-state index contributed by atoms with van der Waals surface area (Å²) in [6, 6.07) is 7.47. The lowest BCUT2D eigenvalue weighted by Crippen LogP contribution is -2.42. The van der Waals surface area contributed by atoms with E-state index in [0.717, 1.165) is 12.1 Å². The maximum Gasteiger partial charge on any atom is 0.416 e. The number of halogens is 3. The van der Waals surface area contributed by atoms with Gasteiger partial charge in [-0.15, -0.1) is 0 Å². The van der Waals surface area contributed by atoms with Crippen molar-refractivity contribution in [1.82, 2.24) is 5.32 Å². The molecule has 1 aromatic heterocycles. The summed E-state index contributed by atoms with van der Waals surface area (Å²) < 4.78 is 43.0. The lowest BCUT2D eigenvalue weighted by molar-refractivity contribution is -0.137. The highest BCUT2D eigenvalue weighted by Gasteiger charge is 2.31. The van der Waals surface area contributed by atoms with Gasteiger partial charge in [0, 0.05) is 18.5 Å². The molecule has 23 heavy (non-hydrogen) atoms. The second-order valence-electron chi connectivity index (χ2n) is 5.51. The Morgan fingerprint density at radius 1 is 1.26 bits per heavy atom. The fraction of sp³-hybridized carbons (Fsp3) is 0.312. The third kappa shape index (κ3) is 4.85. The highest BCUT2D eigenvalue weighted by atomic mass is 19.4. The van der Waals surface area contributed by atoms with Crippen LogP contribution in [-0.2, 0) is 12.6 Å². The van der Waals surface area contributed by atoms with Crippen LogP contribution in [0.25, 0.3) is 0 Å². The van der Waals surface area contributed by atoms with Gasteiger partial charge in [0.2, 0.25) is 0 Å². The minimum atomic E-state index is -4.51. The average Bonchev–Trinajstić information content (AvgIpc) is 2.96. The van der Waals surface area contributed by atoms with E-state index >= 15 is 0 Å². The Kier molecular flexibility index (Phi) is 4.79. The van der Waals surface area contributed by atoms with Crippen LogP contribution >= 0.6 is 0 Å². The van der Waals surface area contributed by atoms with Crippen molar-refractivity contribution in [1.29, 1.82) is 0 Å². The van der Waals surface area contributed by atoms with Gasteiger partial charge < -0.3 is 14.8 Å². The molecule has 0 bridgehead atoms. The lowest BCUT2D eigenvalue weighted by atomic mass is 10.0. The number of alkyl halides is 3. The second-order valence-corrected chi connectivity index (χ2v) is 5.51. The predicted octanol–water partition coefficient (Wildman–Crippen LogP) is 3.02. The number of aliphatic hydroxyl groups is 1. The second kappa shape index (κ2) is 6.45. The van der Waals surface area contributed by atoms with Gasteiger partial charge >= 0.3 is 6.18 Å². The predicted molar refractivity (Wildman–Crippen MR) is 76.8 cm³/mol. The number of hydrogen-bond acceptors (Lipinski definition) is 3. The Morgan fingerprint density at radius 2 is 2.00 bits per heavy atom. The van der Waals surface area contributed by atoms with Crippen molar-refractivity contribution in [3.63, 3.8) is 0 Å². The van der Waals surface area contributed by atoms with Crippen LogP contribution in [0.3, 0.4) is 0 Å². The molecule has 2 rings (SSSR count). The molecule has 1 aromatic carbocycles. The number of nitrogens with one attached hydrogen (secondary N) is 1. The monoisotopic (exact) mass is 327 g/mol. The third-order valence-electron chi connectivity index (χ3n) is 3.22. The molecule has 1 unspecified atom stereocenters. The summed E-state index contributed by atoms with van der Waals surface area (Å²) in [6.45, 7) is 1.38. The molecule has 4 nitrogen and oxygen atoms in total. The van der Waals surface area contributed by atoms with Crippen molar-refractivity contribution in [2.24, 2.45) is 0 Å². The molecule has 0 saturated carbocycles. The SMILES string of the molecule is CC(O)(CNC(=O)c1cccc(C(F)(F)F)c1)Cc1ccco1. The van der Waals surface area contributed by atoms with E-state index in [2.05, 4.69) is 5.32 Å². The molecule has 0 aliphatic heterocycles. The Bertz CT molecular complexity index is 663. The van der Waals surface area contributed by atoms with Gasteiger partial charge in [0.1, 0.15) is 5.76 Å². The molecule has 2 N–H and O–H groups in total. The molecule has 0 radical (unpaired) electrons. The van der Waals surface area contributed by atoms with E-state index in [0.29, 0.717) is 5.76 Å². The van der Waals surface area contributed by atoms with Gasteiger partial charge in [0.25, 0.3) is 5.91 Å². The molecule has 124 valence electrons. The van der Waals surface area contributed by atoms with Crippen LogP contribution in [0.4, 0.5) is 13.2 Å². The van der Waals surface area contributed by atoms with Crippen LogP contribution in [0, 0.1) is 0 Å². The summed E-state index contributed by atoms with van der Waals surface area (Å²) >= 11 is 0. The van der Waals surface area contributed by atoms with E-state index < -0.39 is 23.2 Å². The van der Waals surface area contributed by atoms with Gasteiger partial charge in [0.05, 0.1) is 17.4 Å². The fourth-order valence-corrected chi connectivity index (χ4v) is 2.06. The molecule has 0 saturated heterocycles. The molecular weight excluding hydrogens is 311 g/mol. The van der Waals surface area contributed by atoms with Gasteiger partial charge in [-0.25, -0.2) is 0 Å². The molecule has 7 heteroatoms. The number of furan rings is 1. The van der Waals surface area contributed by atoms with E-state index in [1.54, 1.807) is 12.1 Å². The van der Waals surface area contributed by atoms with E-state index in [4.69, 9.17) is 4.42 Å². The van der Waals surface area contributed by atoms with Crippen molar-refractivity contribution in [2.45, 2.75) is 25.1 Å². The zero-order valence-electron chi connectivity index (χ0n) is 12.4. The van der Waals surface area contributed by atoms with E-state index in [9.17, 15) is 23.1 Å². The molecule has 0 aliphatic carbocycles. The topological polar surface area (TPSA) is 62.5 Å². The first-order valence-electron chi connectivity index (χ1n) is 6.88. The van der Waals surface area contributed by atoms with E-state index in [-0.39, 0.29) is 18.5 Å². The Labute approximate surface area is 130 Å². The fourth-order valence-electron chi connectivity index (χ4n) is 2.06. The summed E-state index contributed by atoms with van der Waals surface area (Å²) in [7, 11) is 0. The summed E-state index contributed by atoms with van der Waals surface area (Å²) in [6.07, 6.45) is -2.88. The summed E-state index contributed by atoms with van der Waals surface area (Å²) in [5, 5.41) is 12.6. The van der Waals surface area contributed by atoms with Crippen LogP contribution in [0.15, 0.2) is 47.1 Å². The molecule has 0 spiro atoms. The molecule has 2 aromatic rings. The first-order chi connectivity index (χ1) is 10.7. The van der Waals surface area contributed by atoms with E-state index in [1.807, 2.05) is 0 Å². The first-order valence-corrected chi connectivity index (χ1v) is 6.88. The Morgan fingerprint density at radius 3 is 2.61 bits per heavy atom. The van der Waals surface area contributed by atoms with Crippen LogP contribution < -0.4 is 5.32 Å². The molecule has 0 fully saturated rings. The molecular formula is C16H16F3NO3. The van der Waals surface area contributed by atoms with Gasteiger partial charge in [-0.05, 0) is 37.3 Å². The first kappa shape index (κ1) is 17.1. The van der Waals surface area contributed by atoms with Crippen molar-refractivity contribution in [3.05, 3.63) is 59.5 Å². The maximum atomic E-state index is 12.6. The quantitative estimate of drug-likeness (QED) is 0.887. The third-order valence-corrected chi connectivity index (χ3v) is 3.22. The normalized spacial score (nSPS) is 14.3. The van der Waals surface area contributed by atoms with Crippen molar-refractivity contribution in [3.8, 4) is 0 Å². The minimum Gasteiger partial charge on any atom is -0.469 e. The summed E-state index contributed by atoms with van der Waals surface area (Å²) in [5.74, 6) is -0.140. The number of carbonyl (C=O) groups excluding carboxylic acids is 1. The number of hydrogen-bond donors (Lipinski definition) is 2. The Balaban J connectivity index is 1.99. The van der Waals surface area contributed by atoms with Crippen molar-refractivity contribution in [2.75, 3.05) is 6.54 Å². The summed E-state index contributed by atoms with van der Waals surface area (Å²) in [4.78, 5) is 12.0. The smallest absolute Gasteiger partial charge is 0.416 e. The largest absolute Gasteiger partial charge is 0.469 e. The van der Waals surface area contributed by atoms with Gasteiger partial charge in [-0.3, -0.25) is 4.79 Å². The van der Waals surface area contributed by atoms with E-state index in [1.165, 1.54) is 25.3 Å². The number of benzene rings is 1. The highest BCUT2D eigenvalue weighted by Crippen LogP contribution is 2.29.